The first kappa shape index (κ1) is 16.8. The molecule has 5 heteroatoms. The fourth-order valence-corrected chi connectivity index (χ4v) is 1.57. The molecule has 1 rings (SSSR count). The number of carbonyl (C=O) groups is 1. The zero-order valence-electron chi connectivity index (χ0n) is 12.8. The van der Waals surface area contributed by atoms with Gasteiger partial charge in [-0.25, -0.2) is 11.4 Å². The molecule has 0 heterocycles. The van der Waals surface area contributed by atoms with Crippen LogP contribution in [0.5, 0.6) is 5.75 Å². The minimum absolute atomic E-state index is 0.376. The van der Waals surface area contributed by atoms with Gasteiger partial charge in [0.2, 0.25) is 6.54 Å². The molecular weight excluding hydrogens is 268 g/mol. The van der Waals surface area contributed by atoms with Crippen molar-refractivity contribution >= 4 is 6.09 Å². The minimum Gasteiger partial charge on any atom is -0.492 e. The summed E-state index contributed by atoms with van der Waals surface area (Å²) in [5.41, 5.74) is 0.622. The lowest BCUT2D eigenvalue weighted by atomic mass is 10.1. The Balaban J connectivity index is 2.24. The van der Waals surface area contributed by atoms with Crippen LogP contribution in [0.1, 0.15) is 26.3 Å². The number of rotatable bonds is 6. The van der Waals surface area contributed by atoms with Crippen LogP contribution in [0.15, 0.2) is 24.3 Å². The summed E-state index contributed by atoms with van der Waals surface area (Å²) >= 11 is 0. The van der Waals surface area contributed by atoms with Gasteiger partial charge >= 0.3 is 6.09 Å². The van der Waals surface area contributed by atoms with Crippen LogP contribution in [0.3, 0.4) is 0 Å². The van der Waals surface area contributed by atoms with Crippen molar-refractivity contribution < 1.29 is 14.3 Å². The van der Waals surface area contributed by atoms with E-state index in [9.17, 15) is 4.79 Å². The van der Waals surface area contributed by atoms with Gasteiger partial charge in [0, 0.05) is 6.42 Å². The number of benzene rings is 1. The van der Waals surface area contributed by atoms with Crippen LogP contribution < -0.4 is 10.1 Å². The molecule has 1 aromatic carbocycles. The third-order valence-corrected chi connectivity index (χ3v) is 2.47. The normalized spacial score (nSPS) is 10.6. The first-order chi connectivity index (χ1) is 9.90. The highest BCUT2D eigenvalue weighted by atomic mass is 16.6. The Bertz CT molecular complexity index is 484. The van der Waals surface area contributed by atoms with E-state index in [4.69, 9.17) is 16.0 Å². The molecule has 0 fully saturated rings. The van der Waals surface area contributed by atoms with Crippen molar-refractivity contribution in [2.45, 2.75) is 32.8 Å². The van der Waals surface area contributed by atoms with Gasteiger partial charge < -0.3 is 19.6 Å². The highest BCUT2D eigenvalue weighted by molar-refractivity contribution is 5.67. The molecule has 0 spiro atoms. The predicted octanol–water partition coefficient (Wildman–Crippen LogP) is 3.05. The maximum absolute atomic E-state index is 11.4. The Morgan fingerprint density at radius 1 is 1.29 bits per heavy atom. The molecule has 0 radical (unpaired) electrons. The van der Waals surface area contributed by atoms with Crippen LogP contribution in [0.25, 0.3) is 4.85 Å². The maximum Gasteiger partial charge on any atom is 0.407 e. The summed E-state index contributed by atoms with van der Waals surface area (Å²) in [5.74, 6) is 0.743. The molecule has 0 atom stereocenters. The van der Waals surface area contributed by atoms with Crippen LogP contribution in [-0.2, 0) is 11.2 Å². The zero-order valence-corrected chi connectivity index (χ0v) is 12.8. The molecule has 0 aliphatic rings. The van der Waals surface area contributed by atoms with Crippen LogP contribution in [0.2, 0.25) is 0 Å². The zero-order chi connectivity index (χ0) is 15.7. The number of hydrogen-bond acceptors (Lipinski definition) is 3. The minimum atomic E-state index is -0.494. The molecule has 0 saturated heterocycles. The number of hydrogen-bond donors (Lipinski definition) is 1. The second-order valence-electron chi connectivity index (χ2n) is 5.55. The molecule has 0 unspecified atom stereocenters. The van der Waals surface area contributed by atoms with Crippen molar-refractivity contribution in [3.63, 3.8) is 0 Å². The van der Waals surface area contributed by atoms with Crippen LogP contribution in [0.4, 0.5) is 4.79 Å². The fraction of sp³-hybridized carbons (Fsp3) is 0.500. The van der Waals surface area contributed by atoms with E-state index in [1.165, 1.54) is 0 Å². The Labute approximate surface area is 126 Å². The Morgan fingerprint density at radius 3 is 2.52 bits per heavy atom. The molecular formula is C16H22N2O3. The van der Waals surface area contributed by atoms with Crippen molar-refractivity contribution in [1.82, 2.24) is 5.32 Å². The monoisotopic (exact) mass is 290 g/mol. The largest absolute Gasteiger partial charge is 0.492 e. The molecule has 5 nitrogen and oxygen atoms in total. The van der Waals surface area contributed by atoms with E-state index >= 15 is 0 Å². The maximum atomic E-state index is 11.4. The summed E-state index contributed by atoms with van der Waals surface area (Å²) < 4.78 is 10.6. The van der Waals surface area contributed by atoms with Crippen molar-refractivity contribution in [2.75, 3.05) is 19.7 Å². The standard InChI is InChI=1S/C16H22N2O3/c1-16(2,3)21-15(19)18-11-12-20-14-7-5-13(6-8-14)9-10-17-4/h5-8H,9-12H2,1-3H3,(H,18,19). The average molecular weight is 290 g/mol. The SMILES string of the molecule is [C-]#[N+]CCc1ccc(OCCNC(=O)OC(C)(C)C)cc1. The highest BCUT2D eigenvalue weighted by Gasteiger charge is 2.15. The molecule has 0 aliphatic heterocycles. The first-order valence-electron chi connectivity index (χ1n) is 6.92. The van der Waals surface area contributed by atoms with Gasteiger partial charge in [-0.3, -0.25) is 0 Å². The van der Waals surface area contributed by atoms with Crippen LogP contribution in [0, 0.1) is 6.57 Å². The molecule has 0 aliphatic carbocycles. The predicted molar refractivity (Wildman–Crippen MR) is 81.3 cm³/mol. The van der Waals surface area contributed by atoms with Crippen LogP contribution in [-0.4, -0.2) is 31.4 Å². The van der Waals surface area contributed by atoms with Crippen molar-refractivity contribution in [1.29, 1.82) is 0 Å². The lowest BCUT2D eigenvalue weighted by Gasteiger charge is -2.19. The lowest BCUT2D eigenvalue weighted by Crippen LogP contribution is -2.34. The van der Waals surface area contributed by atoms with E-state index < -0.39 is 11.7 Å². The number of nitrogens with one attached hydrogen (secondary N) is 1. The summed E-state index contributed by atoms with van der Waals surface area (Å²) in [6.07, 6.45) is 0.310. The molecule has 1 amide bonds. The Hall–Kier alpha value is -2.22. The van der Waals surface area contributed by atoms with Crippen molar-refractivity contribution in [2.24, 2.45) is 0 Å². The van der Waals surface area contributed by atoms with Gasteiger partial charge in [0.15, 0.2) is 0 Å². The van der Waals surface area contributed by atoms with Gasteiger partial charge in [0.25, 0.3) is 0 Å². The number of carbonyl (C=O) groups excluding carboxylic acids is 1. The Kier molecular flexibility index (Phi) is 6.54. The summed E-state index contributed by atoms with van der Waals surface area (Å²) in [6.45, 7) is 13.5. The van der Waals surface area contributed by atoms with E-state index in [1.54, 1.807) is 0 Å². The summed E-state index contributed by atoms with van der Waals surface area (Å²) in [7, 11) is 0. The highest BCUT2D eigenvalue weighted by Crippen LogP contribution is 2.12. The first-order valence-corrected chi connectivity index (χ1v) is 6.92. The topological polar surface area (TPSA) is 51.9 Å². The van der Waals surface area contributed by atoms with E-state index in [-0.39, 0.29) is 0 Å². The van der Waals surface area contributed by atoms with Gasteiger partial charge in [0.05, 0.1) is 6.54 Å². The van der Waals surface area contributed by atoms with Gasteiger partial charge in [-0.1, -0.05) is 12.1 Å². The molecule has 0 aromatic heterocycles. The number of alkyl carbamates (subject to hydrolysis) is 1. The number of amides is 1. The van der Waals surface area contributed by atoms with Crippen LogP contribution >= 0.6 is 0 Å². The second kappa shape index (κ2) is 8.15. The number of ether oxygens (including phenoxy) is 2. The molecule has 21 heavy (non-hydrogen) atoms. The van der Waals surface area contributed by atoms with Crippen molar-refractivity contribution in [3.05, 3.63) is 41.2 Å². The summed E-state index contributed by atoms with van der Waals surface area (Å²) in [5, 5.41) is 2.63. The van der Waals surface area contributed by atoms with E-state index in [2.05, 4.69) is 10.2 Å². The van der Waals surface area contributed by atoms with Crippen molar-refractivity contribution in [3.8, 4) is 5.75 Å². The average Bonchev–Trinajstić information content (AvgIpc) is 2.41. The molecule has 1 aromatic rings. The van der Waals surface area contributed by atoms with E-state index in [0.29, 0.717) is 19.7 Å². The lowest BCUT2D eigenvalue weighted by molar-refractivity contribution is 0.0520. The van der Waals surface area contributed by atoms with Gasteiger partial charge in [-0.2, -0.15) is 0 Å². The number of nitrogens with zero attached hydrogens (tertiary/aromatic N) is 1. The van der Waals surface area contributed by atoms with E-state index in [0.717, 1.165) is 17.7 Å². The Morgan fingerprint density at radius 2 is 1.95 bits per heavy atom. The second-order valence-corrected chi connectivity index (χ2v) is 5.55. The fourth-order valence-electron chi connectivity index (χ4n) is 1.57. The quantitative estimate of drug-likeness (QED) is 0.647. The molecule has 1 N–H and O–H groups in total. The summed E-state index contributed by atoms with van der Waals surface area (Å²) in [6, 6.07) is 7.63. The molecule has 0 bridgehead atoms. The smallest absolute Gasteiger partial charge is 0.407 e. The third kappa shape index (κ3) is 7.83. The van der Waals surface area contributed by atoms with Gasteiger partial charge in [-0.15, -0.1) is 0 Å². The third-order valence-electron chi connectivity index (χ3n) is 2.47. The van der Waals surface area contributed by atoms with Gasteiger partial charge in [-0.05, 0) is 38.5 Å². The van der Waals surface area contributed by atoms with Gasteiger partial charge in [0.1, 0.15) is 18.0 Å². The molecule has 114 valence electrons. The van der Waals surface area contributed by atoms with E-state index in [1.807, 2.05) is 45.0 Å². The molecule has 0 saturated carbocycles. The summed E-state index contributed by atoms with van der Waals surface area (Å²) in [4.78, 5) is 14.7.